The third kappa shape index (κ3) is 4.49. The third-order valence-corrected chi connectivity index (χ3v) is 7.21. The number of piperazine rings is 1. The number of anilines is 2. The number of nitrogens with zero attached hydrogens (tertiary/aromatic N) is 6. The molecule has 0 radical (unpaired) electrons. The molecule has 2 fully saturated rings. The first-order chi connectivity index (χ1) is 17.5. The van der Waals surface area contributed by atoms with Gasteiger partial charge in [-0.2, -0.15) is 0 Å². The number of amides is 2. The number of thiazole rings is 1. The Labute approximate surface area is 210 Å². The van der Waals surface area contributed by atoms with Gasteiger partial charge in [-0.05, 0) is 37.1 Å². The second kappa shape index (κ2) is 9.23. The predicted molar refractivity (Wildman–Crippen MR) is 133 cm³/mol. The third-order valence-electron chi connectivity index (χ3n) is 6.40. The summed E-state index contributed by atoms with van der Waals surface area (Å²) in [5.41, 5.74) is 3.74. The van der Waals surface area contributed by atoms with Crippen LogP contribution in [0.3, 0.4) is 0 Å². The zero-order valence-corrected chi connectivity index (χ0v) is 20.0. The number of carbonyl (C=O) groups excluding carboxylic acids is 2. The van der Waals surface area contributed by atoms with E-state index in [1.807, 2.05) is 11.0 Å². The molecule has 1 saturated carbocycles. The van der Waals surface area contributed by atoms with Crippen LogP contribution in [0.2, 0.25) is 0 Å². The average molecular weight is 504 g/mol. The SMILES string of the molecule is O=C(c1ccc(Nc2ncc(F)c(-c3ccc4scnc4c3)n2)nc1)N1CCN(C(=O)C2CC2)CC1. The summed E-state index contributed by atoms with van der Waals surface area (Å²) in [4.78, 5) is 45.7. The van der Waals surface area contributed by atoms with Gasteiger partial charge in [0.15, 0.2) is 5.82 Å². The summed E-state index contributed by atoms with van der Waals surface area (Å²) in [6, 6.07) is 8.82. The summed E-state index contributed by atoms with van der Waals surface area (Å²) in [5, 5.41) is 2.97. The van der Waals surface area contributed by atoms with Crippen molar-refractivity contribution in [3.8, 4) is 11.3 Å². The minimum absolute atomic E-state index is 0.120. The summed E-state index contributed by atoms with van der Waals surface area (Å²) in [7, 11) is 0. The Morgan fingerprint density at radius 1 is 0.972 bits per heavy atom. The van der Waals surface area contributed by atoms with Crippen LogP contribution in [0.15, 0.2) is 48.2 Å². The second-order valence-corrected chi connectivity index (χ2v) is 9.76. The standard InChI is InChI=1S/C25H22FN7O2S/c26-18-13-28-25(31-22(18)16-3-5-20-19(11-16)29-14-36-20)30-21-6-4-17(12-27-21)24(35)33-9-7-32(8-10-33)23(34)15-1-2-15/h3-6,11-15H,1-2,7-10H2,(H,27,28,30,31). The molecule has 1 aliphatic carbocycles. The highest BCUT2D eigenvalue weighted by Gasteiger charge is 2.35. The van der Waals surface area contributed by atoms with E-state index < -0.39 is 5.82 Å². The van der Waals surface area contributed by atoms with Crippen LogP contribution in [-0.4, -0.2) is 67.7 Å². The van der Waals surface area contributed by atoms with Gasteiger partial charge in [0.25, 0.3) is 5.91 Å². The van der Waals surface area contributed by atoms with E-state index in [1.165, 1.54) is 17.5 Å². The van der Waals surface area contributed by atoms with E-state index in [0.717, 1.165) is 29.3 Å². The van der Waals surface area contributed by atoms with Gasteiger partial charge in [-0.25, -0.2) is 24.3 Å². The lowest BCUT2D eigenvalue weighted by molar-refractivity contribution is -0.134. The molecule has 2 aliphatic rings. The quantitative estimate of drug-likeness (QED) is 0.443. The molecule has 0 bridgehead atoms. The molecule has 36 heavy (non-hydrogen) atoms. The molecule has 4 aromatic rings. The number of aromatic nitrogens is 4. The monoisotopic (exact) mass is 503 g/mol. The van der Waals surface area contributed by atoms with Crippen molar-refractivity contribution in [1.29, 1.82) is 0 Å². The Morgan fingerprint density at radius 2 is 1.78 bits per heavy atom. The van der Waals surface area contributed by atoms with Crippen LogP contribution in [-0.2, 0) is 4.79 Å². The molecule has 0 atom stereocenters. The number of halogens is 1. The number of rotatable bonds is 5. The highest BCUT2D eigenvalue weighted by molar-refractivity contribution is 7.16. The minimum Gasteiger partial charge on any atom is -0.339 e. The number of carbonyl (C=O) groups is 2. The van der Waals surface area contributed by atoms with Crippen molar-refractivity contribution in [3.63, 3.8) is 0 Å². The lowest BCUT2D eigenvalue weighted by Gasteiger charge is -2.34. The highest BCUT2D eigenvalue weighted by atomic mass is 32.1. The topological polar surface area (TPSA) is 104 Å². The van der Waals surface area contributed by atoms with Crippen LogP contribution in [0.5, 0.6) is 0 Å². The van der Waals surface area contributed by atoms with Crippen molar-refractivity contribution in [1.82, 2.24) is 29.7 Å². The molecule has 6 rings (SSSR count). The van der Waals surface area contributed by atoms with E-state index in [1.54, 1.807) is 34.7 Å². The Morgan fingerprint density at radius 3 is 2.53 bits per heavy atom. The Balaban J connectivity index is 1.12. The van der Waals surface area contributed by atoms with Gasteiger partial charge in [0.1, 0.15) is 11.5 Å². The van der Waals surface area contributed by atoms with Gasteiger partial charge < -0.3 is 15.1 Å². The van der Waals surface area contributed by atoms with Gasteiger partial charge in [-0.1, -0.05) is 6.07 Å². The van der Waals surface area contributed by atoms with E-state index in [2.05, 4.69) is 25.3 Å². The van der Waals surface area contributed by atoms with Crippen LogP contribution >= 0.6 is 11.3 Å². The number of hydrogen-bond acceptors (Lipinski definition) is 8. The van der Waals surface area contributed by atoms with Crippen LogP contribution in [0.1, 0.15) is 23.2 Å². The molecule has 4 heterocycles. The van der Waals surface area contributed by atoms with Crippen LogP contribution < -0.4 is 5.32 Å². The van der Waals surface area contributed by atoms with Crippen molar-refractivity contribution in [2.75, 3.05) is 31.5 Å². The average Bonchev–Trinajstić information content (AvgIpc) is 3.66. The number of nitrogens with one attached hydrogen (secondary N) is 1. The number of pyridine rings is 1. The van der Waals surface area contributed by atoms with Crippen LogP contribution in [0, 0.1) is 11.7 Å². The normalized spacial score (nSPS) is 15.8. The van der Waals surface area contributed by atoms with Gasteiger partial charge in [-0.15, -0.1) is 11.3 Å². The summed E-state index contributed by atoms with van der Waals surface area (Å²) >= 11 is 1.52. The lowest BCUT2D eigenvalue weighted by atomic mass is 10.1. The summed E-state index contributed by atoms with van der Waals surface area (Å²) in [6.45, 7) is 2.15. The number of benzene rings is 1. The lowest BCUT2D eigenvalue weighted by Crippen LogP contribution is -2.51. The fourth-order valence-electron chi connectivity index (χ4n) is 4.24. The second-order valence-electron chi connectivity index (χ2n) is 8.87. The van der Waals surface area contributed by atoms with Crippen molar-refractivity contribution in [3.05, 3.63) is 59.6 Å². The Hall–Kier alpha value is -3.99. The molecule has 1 N–H and O–H groups in total. The zero-order chi connectivity index (χ0) is 24.6. The Kier molecular flexibility index (Phi) is 5.76. The van der Waals surface area contributed by atoms with E-state index in [-0.39, 0.29) is 29.4 Å². The fraction of sp³-hybridized carbons (Fsp3) is 0.280. The number of hydrogen-bond donors (Lipinski definition) is 1. The molecule has 2 amide bonds. The van der Waals surface area contributed by atoms with Gasteiger partial charge in [0.2, 0.25) is 11.9 Å². The van der Waals surface area contributed by atoms with E-state index in [0.29, 0.717) is 43.1 Å². The largest absolute Gasteiger partial charge is 0.339 e. The molecular formula is C25H22FN7O2S. The van der Waals surface area contributed by atoms with Crippen molar-refractivity contribution >= 4 is 45.1 Å². The van der Waals surface area contributed by atoms with Gasteiger partial charge in [0, 0.05) is 43.9 Å². The molecule has 1 saturated heterocycles. The molecule has 9 nitrogen and oxygen atoms in total. The smallest absolute Gasteiger partial charge is 0.255 e. The molecular weight excluding hydrogens is 481 g/mol. The van der Waals surface area contributed by atoms with Crippen LogP contribution in [0.25, 0.3) is 21.5 Å². The first-order valence-electron chi connectivity index (χ1n) is 11.7. The van der Waals surface area contributed by atoms with Gasteiger partial charge >= 0.3 is 0 Å². The van der Waals surface area contributed by atoms with Gasteiger partial charge in [0.05, 0.1) is 27.5 Å². The van der Waals surface area contributed by atoms with Crippen molar-refractivity contribution < 1.29 is 14.0 Å². The van der Waals surface area contributed by atoms with Crippen LogP contribution in [0.4, 0.5) is 16.2 Å². The molecule has 182 valence electrons. The maximum Gasteiger partial charge on any atom is 0.255 e. The minimum atomic E-state index is -0.539. The van der Waals surface area contributed by atoms with Crippen molar-refractivity contribution in [2.24, 2.45) is 5.92 Å². The maximum absolute atomic E-state index is 14.5. The Bertz CT molecular complexity index is 1450. The summed E-state index contributed by atoms with van der Waals surface area (Å²) in [5.74, 6) is 0.369. The first kappa shape index (κ1) is 22.5. The van der Waals surface area contributed by atoms with E-state index >= 15 is 0 Å². The zero-order valence-electron chi connectivity index (χ0n) is 19.2. The molecule has 0 spiro atoms. The highest BCUT2D eigenvalue weighted by Crippen LogP contribution is 2.31. The molecule has 0 unspecified atom stereocenters. The molecule has 11 heteroatoms. The molecule has 3 aromatic heterocycles. The van der Waals surface area contributed by atoms with E-state index in [4.69, 9.17) is 0 Å². The maximum atomic E-state index is 14.5. The first-order valence-corrected chi connectivity index (χ1v) is 12.6. The predicted octanol–water partition coefficient (Wildman–Crippen LogP) is 3.73. The fourth-order valence-corrected chi connectivity index (χ4v) is 4.90. The van der Waals surface area contributed by atoms with E-state index in [9.17, 15) is 14.0 Å². The van der Waals surface area contributed by atoms with Gasteiger partial charge in [-0.3, -0.25) is 9.59 Å². The molecule has 1 aliphatic heterocycles. The van der Waals surface area contributed by atoms with Crippen molar-refractivity contribution in [2.45, 2.75) is 12.8 Å². The summed E-state index contributed by atoms with van der Waals surface area (Å²) < 4.78 is 15.5. The molecule has 1 aromatic carbocycles. The number of fused-ring (bicyclic) bond motifs is 1. The summed E-state index contributed by atoms with van der Waals surface area (Å²) in [6.07, 6.45) is 4.57.